The molecule has 0 bridgehead atoms. The lowest BCUT2D eigenvalue weighted by Crippen LogP contribution is -2.23. The SMILES string of the molecule is C=CN(C)[SiH2]C[SiH2]N(C)C=C. The van der Waals surface area contributed by atoms with Gasteiger partial charge in [-0.2, -0.15) is 0 Å². The Morgan fingerprint density at radius 3 is 1.73 bits per heavy atom. The maximum absolute atomic E-state index is 3.72. The van der Waals surface area contributed by atoms with Gasteiger partial charge in [-0.15, -0.1) is 0 Å². The van der Waals surface area contributed by atoms with Gasteiger partial charge in [-0.3, -0.25) is 0 Å². The van der Waals surface area contributed by atoms with Crippen LogP contribution in [0, 0.1) is 0 Å². The van der Waals surface area contributed by atoms with Crippen LogP contribution in [-0.2, 0) is 0 Å². The quantitative estimate of drug-likeness (QED) is 0.525. The Kier molecular flexibility index (Phi) is 5.96. The Balaban J connectivity index is 3.26. The van der Waals surface area contributed by atoms with Crippen molar-refractivity contribution in [3.63, 3.8) is 0 Å². The third-order valence-corrected chi connectivity index (χ3v) is 6.10. The van der Waals surface area contributed by atoms with E-state index in [9.17, 15) is 0 Å². The number of nitrogens with zero attached hydrogens (tertiary/aromatic N) is 2. The molecule has 11 heavy (non-hydrogen) atoms. The zero-order chi connectivity index (χ0) is 8.69. The summed E-state index contributed by atoms with van der Waals surface area (Å²) in [6.45, 7) is 7.44. The normalized spacial score (nSPS) is 11.1. The number of hydrogen-bond donors (Lipinski definition) is 0. The summed E-state index contributed by atoms with van der Waals surface area (Å²) in [6.07, 6.45) is 3.85. The van der Waals surface area contributed by atoms with Gasteiger partial charge in [-0.05, 0) is 32.2 Å². The third kappa shape index (κ3) is 5.93. The van der Waals surface area contributed by atoms with Gasteiger partial charge in [0.25, 0.3) is 0 Å². The molecule has 0 aliphatic rings. The number of rotatable bonds is 6. The third-order valence-electron chi connectivity index (χ3n) is 1.64. The molecule has 0 aliphatic heterocycles. The second kappa shape index (κ2) is 6.24. The molecule has 64 valence electrons. The molecule has 0 rings (SSSR count). The fraction of sp³-hybridized carbons (Fsp3) is 0.429. The van der Waals surface area contributed by atoms with Gasteiger partial charge in [0.15, 0.2) is 0 Å². The molecule has 0 fully saturated rings. The summed E-state index contributed by atoms with van der Waals surface area (Å²) in [6, 6.07) is 0. The summed E-state index contributed by atoms with van der Waals surface area (Å²) >= 11 is 0. The first-order chi connectivity index (χ1) is 5.20. The second-order valence-electron chi connectivity index (χ2n) is 2.68. The van der Waals surface area contributed by atoms with Gasteiger partial charge in [-0.1, -0.05) is 13.2 Å². The fourth-order valence-corrected chi connectivity index (χ4v) is 5.67. The minimum atomic E-state index is -0.0289. The first-order valence-corrected chi connectivity index (χ1v) is 7.12. The fourth-order valence-electron chi connectivity index (χ4n) is 0.752. The Hall–Kier alpha value is -0.486. The average molecular weight is 186 g/mol. The maximum atomic E-state index is 3.72. The van der Waals surface area contributed by atoms with Crippen molar-refractivity contribution < 1.29 is 0 Å². The first kappa shape index (κ1) is 10.5. The summed E-state index contributed by atoms with van der Waals surface area (Å²) in [5.41, 5.74) is 1.42. The van der Waals surface area contributed by atoms with E-state index < -0.39 is 0 Å². The Labute approximate surface area is 74.4 Å². The van der Waals surface area contributed by atoms with Crippen LogP contribution >= 0.6 is 0 Å². The second-order valence-corrected chi connectivity index (χ2v) is 8.40. The molecule has 0 spiro atoms. The highest BCUT2D eigenvalue weighted by molar-refractivity contribution is 6.52. The van der Waals surface area contributed by atoms with E-state index in [4.69, 9.17) is 0 Å². The van der Waals surface area contributed by atoms with Crippen LogP contribution in [0.15, 0.2) is 25.6 Å². The highest BCUT2D eigenvalue weighted by atomic mass is 28.3. The zero-order valence-electron chi connectivity index (χ0n) is 7.58. The van der Waals surface area contributed by atoms with E-state index in [2.05, 4.69) is 36.4 Å². The van der Waals surface area contributed by atoms with Crippen LogP contribution in [0.2, 0.25) is 5.67 Å². The van der Waals surface area contributed by atoms with Crippen molar-refractivity contribution in [1.29, 1.82) is 0 Å². The van der Waals surface area contributed by atoms with Crippen LogP contribution in [0.4, 0.5) is 0 Å². The lowest BCUT2D eigenvalue weighted by atomic mass is 11.0. The van der Waals surface area contributed by atoms with Gasteiger partial charge in [0.1, 0.15) is 19.4 Å². The summed E-state index contributed by atoms with van der Waals surface area (Å²) in [5, 5.41) is 0. The summed E-state index contributed by atoms with van der Waals surface area (Å²) in [4.78, 5) is 0. The van der Waals surface area contributed by atoms with Gasteiger partial charge in [-0.25, -0.2) is 0 Å². The van der Waals surface area contributed by atoms with Crippen LogP contribution in [0.5, 0.6) is 0 Å². The first-order valence-electron chi connectivity index (χ1n) is 3.86. The van der Waals surface area contributed by atoms with E-state index >= 15 is 0 Å². The van der Waals surface area contributed by atoms with Gasteiger partial charge < -0.3 is 9.13 Å². The summed E-state index contributed by atoms with van der Waals surface area (Å²) in [7, 11) is 4.17. The number of hydrogen-bond acceptors (Lipinski definition) is 2. The molecule has 0 heterocycles. The molecule has 0 aromatic carbocycles. The van der Waals surface area contributed by atoms with Crippen molar-refractivity contribution in [3.05, 3.63) is 25.6 Å². The van der Waals surface area contributed by atoms with Crippen LogP contribution in [0.1, 0.15) is 0 Å². The Morgan fingerprint density at radius 2 is 1.45 bits per heavy atom. The van der Waals surface area contributed by atoms with E-state index in [0.717, 1.165) is 0 Å². The van der Waals surface area contributed by atoms with Crippen LogP contribution < -0.4 is 0 Å². The molecule has 4 heteroatoms. The van der Waals surface area contributed by atoms with Crippen molar-refractivity contribution in [1.82, 2.24) is 9.13 Å². The molecule has 0 aliphatic carbocycles. The highest BCUT2D eigenvalue weighted by Gasteiger charge is 1.94. The maximum Gasteiger partial charge on any atom is 0.121 e. The lowest BCUT2D eigenvalue weighted by molar-refractivity contribution is 0.718. The van der Waals surface area contributed by atoms with Crippen LogP contribution in [0.25, 0.3) is 0 Å². The lowest BCUT2D eigenvalue weighted by Gasteiger charge is -2.15. The van der Waals surface area contributed by atoms with Crippen molar-refractivity contribution in [2.45, 2.75) is 5.67 Å². The average Bonchev–Trinajstić information content (AvgIpc) is 2.04. The predicted molar refractivity (Wildman–Crippen MR) is 57.8 cm³/mol. The largest absolute Gasteiger partial charge is 0.412 e. The molecule has 0 N–H and O–H groups in total. The minimum absolute atomic E-state index is 0.0289. The zero-order valence-corrected chi connectivity index (χ0v) is 10.4. The highest BCUT2D eigenvalue weighted by Crippen LogP contribution is 1.86. The molecule has 0 saturated carbocycles. The molecule has 0 unspecified atom stereocenters. The molecule has 0 radical (unpaired) electrons. The van der Waals surface area contributed by atoms with E-state index in [1.807, 2.05) is 12.4 Å². The van der Waals surface area contributed by atoms with E-state index in [1.165, 1.54) is 5.67 Å². The monoisotopic (exact) mass is 186 g/mol. The standard InChI is InChI=1S/C7H18N2Si2/c1-5-8(3)10-7-11-9(4)6-2/h5-6H,1-2,7,10-11H2,3-4H3. The van der Waals surface area contributed by atoms with Crippen LogP contribution in [0.3, 0.4) is 0 Å². The van der Waals surface area contributed by atoms with Gasteiger partial charge in [0, 0.05) is 0 Å². The van der Waals surface area contributed by atoms with E-state index in [-0.39, 0.29) is 19.4 Å². The van der Waals surface area contributed by atoms with Crippen LogP contribution in [-0.4, -0.2) is 42.6 Å². The molecule has 0 aromatic rings. The molecular formula is C7H18N2Si2. The van der Waals surface area contributed by atoms with Crippen molar-refractivity contribution >= 4 is 19.4 Å². The van der Waals surface area contributed by atoms with Gasteiger partial charge >= 0.3 is 0 Å². The molecule has 0 amide bonds. The van der Waals surface area contributed by atoms with Crippen molar-refractivity contribution in [2.24, 2.45) is 0 Å². The smallest absolute Gasteiger partial charge is 0.121 e. The molecule has 0 aromatic heterocycles. The van der Waals surface area contributed by atoms with Gasteiger partial charge in [0.05, 0.1) is 0 Å². The molecule has 0 atom stereocenters. The summed E-state index contributed by atoms with van der Waals surface area (Å²) < 4.78 is 4.51. The van der Waals surface area contributed by atoms with Crippen molar-refractivity contribution in [3.8, 4) is 0 Å². The molecule has 0 saturated heterocycles. The van der Waals surface area contributed by atoms with E-state index in [1.54, 1.807) is 0 Å². The predicted octanol–water partition coefficient (Wildman–Crippen LogP) is -0.320. The van der Waals surface area contributed by atoms with E-state index in [0.29, 0.717) is 0 Å². The Morgan fingerprint density at radius 1 is 1.09 bits per heavy atom. The molecule has 2 nitrogen and oxygen atoms in total. The minimum Gasteiger partial charge on any atom is -0.412 e. The summed E-state index contributed by atoms with van der Waals surface area (Å²) in [5.74, 6) is 0. The Bertz CT molecular complexity index is 114. The molecular weight excluding hydrogens is 168 g/mol. The van der Waals surface area contributed by atoms with Crippen molar-refractivity contribution in [2.75, 3.05) is 14.1 Å². The van der Waals surface area contributed by atoms with Gasteiger partial charge in [0.2, 0.25) is 0 Å². The topological polar surface area (TPSA) is 6.48 Å².